The van der Waals surface area contributed by atoms with Crippen molar-refractivity contribution < 1.29 is 5.11 Å². The van der Waals surface area contributed by atoms with Gasteiger partial charge in [-0.1, -0.05) is 13.8 Å². The number of aromatic nitrogens is 1. The number of rotatable bonds is 1. The second-order valence-electron chi connectivity index (χ2n) is 3.16. The van der Waals surface area contributed by atoms with E-state index in [4.69, 9.17) is 0 Å². The van der Waals surface area contributed by atoms with E-state index in [9.17, 15) is 5.11 Å². The third-order valence-electron chi connectivity index (χ3n) is 2.20. The molecule has 13 heavy (non-hydrogen) atoms. The molecule has 2 rings (SSSR count). The summed E-state index contributed by atoms with van der Waals surface area (Å²) in [6.07, 6.45) is 4.74. The molecule has 74 valence electrons. The number of hydrogen-bond donors (Lipinski definition) is 1. The maximum atomic E-state index is 9.84. The second kappa shape index (κ2) is 4.20. The molecule has 1 heterocycles. The third kappa shape index (κ3) is 2.09. The predicted molar refractivity (Wildman–Crippen MR) is 55.9 cm³/mol. The topological polar surface area (TPSA) is 33.1 Å². The first kappa shape index (κ1) is 10.7. The number of aliphatic hydroxyl groups is 1. The zero-order valence-corrected chi connectivity index (χ0v) is 9.32. The molecule has 1 aromatic rings. The van der Waals surface area contributed by atoms with Crippen LogP contribution >= 0.6 is 11.3 Å². The van der Waals surface area contributed by atoms with Gasteiger partial charge in [-0.3, -0.25) is 0 Å². The first-order chi connectivity index (χ1) is 6.21. The molecule has 1 fully saturated rings. The van der Waals surface area contributed by atoms with E-state index in [1.54, 1.807) is 11.3 Å². The Hall–Kier alpha value is -0.410. The summed E-state index contributed by atoms with van der Waals surface area (Å²) in [6, 6.07) is 0. The van der Waals surface area contributed by atoms with E-state index in [1.807, 2.05) is 27.0 Å². The van der Waals surface area contributed by atoms with Crippen LogP contribution in [0.15, 0.2) is 6.20 Å². The first-order valence-electron chi connectivity index (χ1n) is 4.86. The lowest BCUT2D eigenvalue weighted by Gasteiger charge is -2.34. The number of thiazole rings is 1. The maximum Gasteiger partial charge on any atom is 0.125 e. The summed E-state index contributed by atoms with van der Waals surface area (Å²) >= 11 is 1.61. The lowest BCUT2D eigenvalue weighted by Crippen LogP contribution is -2.33. The monoisotopic (exact) mass is 199 g/mol. The van der Waals surface area contributed by atoms with Crippen molar-refractivity contribution in [2.75, 3.05) is 0 Å². The minimum absolute atomic E-state index is 0.557. The summed E-state index contributed by atoms with van der Waals surface area (Å²) in [7, 11) is 0. The van der Waals surface area contributed by atoms with Crippen LogP contribution in [0.4, 0.5) is 0 Å². The highest BCUT2D eigenvalue weighted by Crippen LogP contribution is 2.42. The van der Waals surface area contributed by atoms with Crippen LogP contribution in [0.25, 0.3) is 0 Å². The molecule has 3 heteroatoms. The zero-order valence-electron chi connectivity index (χ0n) is 8.50. The van der Waals surface area contributed by atoms with Crippen LogP contribution in [0.5, 0.6) is 0 Å². The van der Waals surface area contributed by atoms with Crippen LogP contribution in [0.1, 0.15) is 43.0 Å². The Balaban J connectivity index is 0.000000396. The van der Waals surface area contributed by atoms with Crippen molar-refractivity contribution in [3.8, 4) is 0 Å². The molecular weight excluding hydrogens is 182 g/mol. The fourth-order valence-electron chi connectivity index (χ4n) is 1.30. The molecule has 0 spiro atoms. The zero-order chi connectivity index (χ0) is 9.90. The van der Waals surface area contributed by atoms with Gasteiger partial charge in [-0.2, -0.15) is 0 Å². The fourth-order valence-corrected chi connectivity index (χ4v) is 2.21. The molecule has 0 aliphatic heterocycles. The van der Waals surface area contributed by atoms with Gasteiger partial charge in [0.1, 0.15) is 10.6 Å². The summed E-state index contributed by atoms with van der Waals surface area (Å²) in [5.74, 6) is 0. The Morgan fingerprint density at radius 2 is 2.08 bits per heavy atom. The van der Waals surface area contributed by atoms with Gasteiger partial charge < -0.3 is 5.11 Å². The van der Waals surface area contributed by atoms with Crippen molar-refractivity contribution in [3.63, 3.8) is 0 Å². The number of nitrogens with zero attached hydrogens (tertiary/aromatic N) is 1. The Morgan fingerprint density at radius 1 is 1.46 bits per heavy atom. The molecule has 0 aromatic carbocycles. The highest BCUT2D eigenvalue weighted by atomic mass is 32.1. The molecule has 0 saturated heterocycles. The Bertz CT molecular complexity index is 266. The van der Waals surface area contributed by atoms with Gasteiger partial charge in [-0.15, -0.1) is 11.3 Å². The Kier molecular flexibility index (Phi) is 3.45. The lowest BCUT2D eigenvalue weighted by molar-refractivity contribution is -0.0389. The molecule has 0 radical (unpaired) electrons. The van der Waals surface area contributed by atoms with E-state index in [0.29, 0.717) is 0 Å². The van der Waals surface area contributed by atoms with Crippen LogP contribution in [0.2, 0.25) is 0 Å². The van der Waals surface area contributed by atoms with Crippen molar-refractivity contribution in [1.82, 2.24) is 4.98 Å². The van der Waals surface area contributed by atoms with Gasteiger partial charge in [0.05, 0.1) is 0 Å². The van der Waals surface area contributed by atoms with E-state index in [2.05, 4.69) is 4.98 Å². The predicted octanol–water partition coefficient (Wildman–Crippen LogP) is 2.85. The molecule has 1 aromatic heterocycles. The van der Waals surface area contributed by atoms with E-state index in [0.717, 1.165) is 24.3 Å². The second-order valence-corrected chi connectivity index (χ2v) is 4.40. The largest absolute Gasteiger partial charge is 0.383 e. The van der Waals surface area contributed by atoms with Crippen LogP contribution in [0, 0.1) is 6.92 Å². The SMILES string of the molecule is CC.Cc1cnc(C2(O)CCC2)s1. The van der Waals surface area contributed by atoms with E-state index in [-0.39, 0.29) is 0 Å². The van der Waals surface area contributed by atoms with Gasteiger partial charge in [0, 0.05) is 11.1 Å². The molecule has 1 saturated carbocycles. The quantitative estimate of drug-likeness (QED) is 0.754. The standard InChI is InChI=1S/C8H11NOS.C2H6/c1-6-5-9-7(11-6)8(10)3-2-4-8;1-2/h5,10H,2-4H2,1H3;1-2H3. The Morgan fingerprint density at radius 3 is 2.38 bits per heavy atom. The molecular formula is C10H17NOS. The van der Waals surface area contributed by atoms with Crippen molar-refractivity contribution in [3.05, 3.63) is 16.1 Å². The van der Waals surface area contributed by atoms with Crippen LogP contribution in [0.3, 0.4) is 0 Å². The average molecular weight is 199 g/mol. The molecule has 1 aliphatic carbocycles. The maximum absolute atomic E-state index is 9.84. The third-order valence-corrected chi connectivity index (χ3v) is 3.31. The van der Waals surface area contributed by atoms with E-state index < -0.39 is 5.60 Å². The smallest absolute Gasteiger partial charge is 0.125 e. The van der Waals surface area contributed by atoms with Crippen LogP contribution < -0.4 is 0 Å². The summed E-state index contributed by atoms with van der Waals surface area (Å²) < 4.78 is 0. The normalized spacial score (nSPS) is 18.5. The van der Waals surface area contributed by atoms with Crippen molar-refractivity contribution in [2.45, 2.75) is 45.6 Å². The Labute approximate surface area is 83.6 Å². The minimum atomic E-state index is -0.557. The molecule has 0 bridgehead atoms. The highest BCUT2D eigenvalue weighted by Gasteiger charge is 2.38. The van der Waals surface area contributed by atoms with E-state index >= 15 is 0 Å². The molecule has 1 aliphatic rings. The summed E-state index contributed by atoms with van der Waals surface area (Å²) in [5, 5.41) is 10.7. The minimum Gasteiger partial charge on any atom is -0.383 e. The molecule has 0 unspecified atom stereocenters. The molecule has 0 atom stereocenters. The molecule has 1 N–H and O–H groups in total. The first-order valence-corrected chi connectivity index (χ1v) is 5.68. The van der Waals surface area contributed by atoms with Gasteiger partial charge in [-0.05, 0) is 26.2 Å². The number of hydrogen-bond acceptors (Lipinski definition) is 3. The highest BCUT2D eigenvalue weighted by molar-refractivity contribution is 7.11. The van der Waals surface area contributed by atoms with Crippen molar-refractivity contribution >= 4 is 11.3 Å². The van der Waals surface area contributed by atoms with Crippen LogP contribution in [-0.4, -0.2) is 10.1 Å². The van der Waals surface area contributed by atoms with Gasteiger partial charge >= 0.3 is 0 Å². The van der Waals surface area contributed by atoms with Gasteiger partial charge in [-0.25, -0.2) is 4.98 Å². The van der Waals surface area contributed by atoms with Gasteiger partial charge in [0.2, 0.25) is 0 Å². The lowest BCUT2D eigenvalue weighted by atomic mass is 9.81. The van der Waals surface area contributed by atoms with E-state index in [1.165, 1.54) is 4.88 Å². The summed E-state index contributed by atoms with van der Waals surface area (Å²) in [6.45, 7) is 6.02. The number of aryl methyl sites for hydroxylation is 1. The van der Waals surface area contributed by atoms with Gasteiger partial charge in [0.15, 0.2) is 0 Å². The molecule has 2 nitrogen and oxygen atoms in total. The van der Waals surface area contributed by atoms with Crippen molar-refractivity contribution in [1.29, 1.82) is 0 Å². The summed E-state index contributed by atoms with van der Waals surface area (Å²) in [4.78, 5) is 5.36. The molecule has 0 amide bonds. The fraction of sp³-hybridized carbons (Fsp3) is 0.700. The van der Waals surface area contributed by atoms with Crippen molar-refractivity contribution in [2.24, 2.45) is 0 Å². The summed E-state index contributed by atoms with van der Waals surface area (Å²) in [5.41, 5.74) is -0.557. The van der Waals surface area contributed by atoms with Crippen LogP contribution in [-0.2, 0) is 5.60 Å². The average Bonchev–Trinajstić information content (AvgIpc) is 2.52. The van der Waals surface area contributed by atoms with Gasteiger partial charge in [0.25, 0.3) is 0 Å².